The molecule has 2 N–H and O–H groups in total. The highest BCUT2D eigenvalue weighted by Crippen LogP contribution is 2.64. The number of amides is 4. The zero-order chi connectivity index (χ0) is 44.3. The SMILES string of the molecule is Cc1cc([C@H]2C3=CC[C@@H]4C(=O)N(c5cc(C(F)(F)F)cc(C(F)(F)F)c5)C(=O)[C@@H]4[C@@H]3C[C@H]3C(=O)N(Nc4ncc(C(F)(F)F)cc4Cl)C(=O)[C@@]23c2ccc(Cl)cc2)ccc1O. The van der Waals surface area contributed by atoms with Gasteiger partial charge in [-0.1, -0.05) is 59.1 Å². The summed E-state index contributed by atoms with van der Waals surface area (Å²) >= 11 is 12.5. The van der Waals surface area contributed by atoms with Crippen LogP contribution in [0.2, 0.25) is 10.0 Å². The number of aromatic nitrogens is 1. The summed E-state index contributed by atoms with van der Waals surface area (Å²) in [5, 5.41) is 10.7. The number of fused-ring (bicyclic) bond motifs is 4. The average molecular weight is 898 g/mol. The molecule has 9 nitrogen and oxygen atoms in total. The molecule has 8 rings (SSSR count). The fraction of sp³-hybridized carbons (Fsp3) is 0.293. The van der Waals surface area contributed by atoms with E-state index in [2.05, 4.69) is 10.4 Å². The normalized spacial score (nSPS) is 25.4. The highest BCUT2D eigenvalue weighted by molar-refractivity contribution is 6.33. The van der Waals surface area contributed by atoms with Crippen molar-refractivity contribution in [2.75, 3.05) is 10.3 Å². The fourth-order valence-corrected chi connectivity index (χ4v) is 9.67. The minimum atomic E-state index is -5.30. The molecule has 1 aromatic heterocycles. The summed E-state index contributed by atoms with van der Waals surface area (Å²) in [6.07, 6.45) is -14.1. The van der Waals surface area contributed by atoms with Crippen LogP contribution in [-0.2, 0) is 43.1 Å². The van der Waals surface area contributed by atoms with Crippen LogP contribution in [0, 0.1) is 30.6 Å². The van der Waals surface area contributed by atoms with Crippen LogP contribution in [0.5, 0.6) is 5.75 Å². The highest BCUT2D eigenvalue weighted by Gasteiger charge is 2.70. The predicted octanol–water partition coefficient (Wildman–Crippen LogP) is 9.65. The number of nitrogens with one attached hydrogen (secondary N) is 1. The molecule has 3 aromatic carbocycles. The Morgan fingerprint density at radius 3 is 1.97 bits per heavy atom. The molecule has 2 saturated heterocycles. The molecule has 4 aliphatic rings. The lowest BCUT2D eigenvalue weighted by Gasteiger charge is -2.50. The van der Waals surface area contributed by atoms with Crippen LogP contribution < -0.4 is 10.3 Å². The number of halogens is 11. The molecule has 2 aliphatic heterocycles. The number of hydrogen-bond acceptors (Lipinski definition) is 7. The van der Waals surface area contributed by atoms with Crippen LogP contribution in [0.1, 0.15) is 52.1 Å². The van der Waals surface area contributed by atoms with Crippen LogP contribution >= 0.6 is 23.2 Å². The molecular formula is C41H27Cl2F9N4O5. The van der Waals surface area contributed by atoms with Crippen molar-refractivity contribution in [3.05, 3.63) is 128 Å². The van der Waals surface area contributed by atoms with Gasteiger partial charge in [0.05, 0.1) is 50.6 Å². The van der Waals surface area contributed by atoms with E-state index in [-0.39, 0.29) is 47.4 Å². The molecule has 3 heterocycles. The fourth-order valence-electron chi connectivity index (χ4n) is 9.34. The van der Waals surface area contributed by atoms with Crippen LogP contribution in [0.4, 0.5) is 51.0 Å². The Kier molecular flexibility index (Phi) is 9.81. The number of nitrogens with zero attached hydrogens (tertiary/aromatic N) is 3. The van der Waals surface area contributed by atoms with Crippen LogP contribution in [0.25, 0.3) is 0 Å². The molecule has 6 atom stereocenters. The number of benzene rings is 3. The third kappa shape index (κ3) is 6.69. The summed E-state index contributed by atoms with van der Waals surface area (Å²) in [5.74, 6) is -11.4. The first-order valence-corrected chi connectivity index (χ1v) is 19.0. The lowest BCUT2D eigenvalue weighted by atomic mass is 9.49. The molecule has 3 fully saturated rings. The van der Waals surface area contributed by atoms with Gasteiger partial charge in [0, 0.05) is 17.1 Å². The lowest BCUT2D eigenvalue weighted by molar-refractivity contribution is -0.143. The molecule has 0 radical (unpaired) electrons. The summed E-state index contributed by atoms with van der Waals surface area (Å²) in [4.78, 5) is 62.7. The Balaban J connectivity index is 1.30. The number of carbonyl (C=O) groups excluding carboxylic acids is 4. The van der Waals surface area contributed by atoms with E-state index in [9.17, 15) is 59.0 Å². The Hall–Kier alpha value is -5.62. The molecule has 0 spiro atoms. The standard InChI is InChI=1S/C41H27Cl2F9N4O5/c1-17-10-18(2-9-30(17)57)32-25-7-8-26-31(36(60)55(34(26)58)24-12-20(39(44,45)46)11-21(13-24)40(47,48)49)27(25)15-28-35(59)56(37(61)38(28,32)19-3-5-23(42)6-4-19)54-33-29(43)14-22(16-53-33)41(50,51)52/h2-7,9-14,16,26-28,31-32,57H,8,15H2,1H3,(H,53,54)/t26-,27+,28-,31-,32-,38+/m0/s1. The van der Waals surface area contributed by atoms with E-state index in [1.807, 2.05) is 0 Å². The van der Waals surface area contributed by atoms with Gasteiger partial charge in [0.25, 0.3) is 11.8 Å². The van der Waals surface area contributed by atoms with Crippen LogP contribution in [0.15, 0.2) is 84.6 Å². The molecule has 61 heavy (non-hydrogen) atoms. The molecule has 1 saturated carbocycles. The first-order chi connectivity index (χ1) is 28.4. The molecule has 4 aromatic rings. The second-order valence-electron chi connectivity index (χ2n) is 15.2. The minimum absolute atomic E-state index is 0.140. The van der Waals surface area contributed by atoms with Gasteiger partial charge >= 0.3 is 18.5 Å². The van der Waals surface area contributed by atoms with E-state index in [0.29, 0.717) is 38.9 Å². The van der Waals surface area contributed by atoms with Gasteiger partial charge in [-0.3, -0.25) is 24.6 Å². The smallest absolute Gasteiger partial charge is 0.417 e. The van der Waals surface area contributed by atoms with Gasteiger partial charge in [-0.05, 0) is 84.8 Å². The molecule has 318 valence electrons. The number of anilines is 2. The van der Waals surface area contributed by atoms with Crippen molar-refractivity contribution >= 4 is 58.3 Å². The van der Waals surface area contributed by atoms with E-state index in [4.69, 9.17) is 23.2 Å². The highest BCUT2D eigenvalue weighted by atomic mass is 35.5. The lowest BCUT2D eigenvalue weighted by Crippen LogP contribution is -2.53. The number of imide groups is 2. The number of phenols is 1. The maximum atomic E-state index is 15.3. The molecule has 0 unspecified atom stereocenters. The maximum absolute atomic E-state index is 15.3. The van der Waals surface area contributed by atoms with Crippen molar-refractivity contribution in [2.24, 2.45) is 23.7 Å². The number of hydrogen-bond donors (Lipinski definition) is 2. The number of aromatic hydroxyl groups is 1. The van der Waals surface area contributed by atoms with E-state index in [1.165, 1.54) is 42.5 Å². The van der Waals surface area contributed by atoms with Crippen molar-refractivity contribution in [1.29, 1.82) is 0 Å². The largest absolute Gasteiger partial charge is 0.508 e. The summed E-state index contributed by atoms with van der Waals surface area (Å²) < 4.78 is 124. The monoisotopic (exact) mass is 896 g/mol. The third-order valence-electron chi connectivity index (χ3n) is 11.9. The van der Waals surface area contributed by atoms with Crippen LogP contribution in [0.3, 0.4) is 0 Å². The Labute approximate surface area is 348 Å². The van der Waals surface area contributed by atoms with Gasteiger partial charge in [-0.15, -0.1) is 0 Å². The van der Waals surface area contributed by atoms with Crippen molar-refractivity contribution < 1.29 is 63.8 Å². The van der Waals surface area contributed by atoms with E-state index >= 15 is 4.79 Å². The molecule has 20 heteroatoms. The predicted molar refractivity (Wildman–Crippen MR) is 199 cm³/mol. The Morgan fingerprint density at radius 2 is 1.39 bits per heavy atom. The quantitative estimate of drug-likeness (QED) is 0.116. The summed E-state index contributed by atoms with van der Waals surface area (Å²) in [5.41, 5.74) is -4.02. The van der Waals surface area contributed by atoms with Crippen LogP contribution in [-0.4, -0.2) is 38.7 Å². The van der Waals surface area contributed by atoms with Crippen molar-refractivity contribution in [3.8, 4) is 5.75 Å². The number of allylic oxidation sites excluding steroid dienone is 2. The second kappa shape index (κ2) is 14.2. The summed E-state index contributed by atoms with van der Waals surface area (Å²) in [6, 6.07) is 11.1. The van der Waals surface area contributed by atoms with E-state index in [1.54, 1.807) is 13.0 Å². The Bertz CT molecular complexity index is 2550. The number of aryl methyl sites for hydroxylation is 1. The number of pyridine rings is 1. The van der Waals surface area contributed by atoms with Crippen molar-refractivity contribution in [1.82, 2.24) is 9.99 Å². The van der Waals surface area contributed by atoms with E-state index < -0.39 is 110 Å². The summed E-state index contributed by atoms with van der Waals surface area (Å²) in [7, 11) is 0. The molecular weight excluding hydrogens is 870 g/mol. The number of alkyl halides is 9. The topological polar surface area (TPSA) is 120 Å². The molecule has 4 amide bonds. The number of phenolic OH excluding ortho intramolecular Hbond substituents is 1. The maximum Gasteiger partial charge on any atom is 0.417 e. The van der Waals surface area contributed by atoms with Gasteiger partial charge in [0.1, 0.15) is 5.75 Å². The number of carbonyl (C=O) groups is 4. The average Bonchev–Trinajstić information content (AvgIpc) is 3.56. The zero-order valence-corrected chi connectivity index (χ0v) is 32.4. The Morgan fingerprint density at radius 1 is 0.770 bits per heavy atom. The number of hydrazine groups is 1. The first-order valence-electron chi connectivity index (χ1n) is 18.2. The van der Waals surface area contributed by atoms with Gasteiger partial charge in [-0.2, -0.15) is 44.5 Å². The zero-order valence-electron chi connectivity index (χ0n) is 30.9. The third-order valence-corrected chi connectivity index (χ3v) is 12.5. The van der Waals surface area contributed by atoms with Gasteiger partial charge < -0.3 is 5.11 Å². The van der Waals surface area contributed by atoms with Gasteiger partial charge in [-0.25, -0.2) is 9.88 Å². The van der Waals surface area contributed by atoms with Crippen molar-refractivity contribution in [2.45, 2.75) is 49.6 Å². The van der Waals surface area contributed by atoms with Gasteiger partial charge in [0.15, 0.2) is 5.82 Å². The molecule has 0 bridgehead atoms. The number of rotatable bonds is 5. The second-order valence-corrected chi connectivity index (χ2v) is 16.1. The minimum Gasteiger partial charge on any atom is -0.508 e. The molecule has 2 aliphatic carbocycles. The van der Waals surface area contributed by atoms with Crippen molar-refractivity contribution in [3.63, 3.8) is 0 Å². The first kappa shape index (κ1) is 42.1. The van der Waals surface area contributed by atoms with E-state index in [0.717, 1.165) is 0 Å². The van der Waals surface area contributed by atoms with Gasteiger partial charge in [0.2, 0.25) is 11.8 Å². The summed E-state index contributed by atoms with van der Waals surface area (Å²) in [6.45, 7) is 1.55.